The molecule has 2 N–H and O–H groups in total. The summed E-state index contributed by atoms with van der Waals surface area (Å²) in [7, 11) is 0. The summed E-state index contributed by atoms with van der Waals surface area (Å²) in [5.41, 5.74) is 8.09. The average molecular weight is 302 g/mol. The molecule has 0 spiro atoms. The summed E-state index contributed by atoms with van der Waals surface area (Å²) >= 11 is 0. The molecule has 3 heterocycles. The number of aryl methyl sites for hydroxylation is 1. The van der Waals surface area contributed by atoms with Crippen molar-refractivity contribution in [2.45, 2.75) is 45.4 Å². The molecule has 2 aliphatic rings. The topological polar surface area (TPSA) is 45.4 Å². The van der Waals surface area contributed by atoms with Gasteiger partial charge in [-0.05, 0) is 76.2 Å². The molecule has 0 unspecified atom stereocenters. The number of nitrogen functional groups attached to an aromatic ring is 1. The van der Waals surface area contributed by atoms with Crippen LogP contribution in [0.2, 0.25) is 0 Å². The van der Waals surface area contributed by atoms with Crippen LogP contribution < -0.4 is 10.6 Å². The molecule has 4 nitrogen and oxygen atoms in total. The van der Waals surface area contributed by atoms with Crippen LogP contribution in [0.4, 0.5) is 11.5 Å². The van der Waals surface area contributed by atoms with Crippen LogP contribution in [0.1, 0.15) is 44.1 Å². The van der Waals surface area contributed by atoms with Crippen molar-refractivity contribution in [2.24, 2.45) is 5.92 Å². The van der Waals surface area contributed by atoms with Gasteiger partial charge in [0, 0.05) is 19.3 Å². The van der Waals surface area contributed by atoms with Gasteiger partial charge in [-0.1, -0.05) is 6.42 Å². The number of nitrogens with zero attached hydrogens (tertiary/aromatic N) is 3. The van der Waals surface area contributed by atoms with Crippen molar-refractivity contribution in [3.8, 4) is 0 Å². The minimum atomic E-state index is 0.826. The molecular weight excluding hydrogens is 272 g/mol. The van der Waals surface area contributed by atoms with Gasteiger partial charge in [-0.15, -0.1) is 0 Å². The van der Waals surface area contributed by atoms with Gasteiger partial charge >= 0.3 is 0 Å². The highest BCUT2D eigenvalue weighted by Crippen LogP contribution is 2.28. The molecule has 0 saturated carbocycles. The van der Waals surface area contributed by atoms with E-state index in [1.165, 1.54) is 58.2 Å². The van der Waals surface area contributed by atoms with Crippen molar-refractivity contribution in [3.05, 3.63) is 17.8 Å². The molecule has 1 aromatic heterocycles. The van der Waals surface area contributed by atoms with Gasteiger partial charge in [0.25, 0.3) is 0 Å². The van der Waals surface area contributed by atoms with Crippen molar-refractivity contribution in [1.82, 2.24) is 9.88 Å². The van der Waals surface area contributed by atoms with Crippen molar-refractivity contribution in [1.29, 1.82) is 0 Å². The lowest BCUT2D eigenvalue weighted by Gasteiger charge is -2.35. The second kappa shape index (κ2) is 7.32. The Morgan fingerprint density at radius 1 is 1.14 bits per heavy atom. The zero-order valence-electron chi connectivity index (χ0n) is 13.9. The van der Waals surface area contributed by atoms with E-state index in [1.807, 2.05) is 19.2 Å². The molecule has 0 aliphatic carbocycles. The summed E-state index contributed by atoms with van der Waals surface area (Å²) in [5, 5.41) is 0. The van der Waals surface area contributed by atoms with Crippen LogP contribution in [0.3, 0.4) is 0 Å². The Kier molecular flexibility index (Phi) is 5.19. The van der Waals surface area contributed by atoms with Crippen molar-refractivity contribution in [2.75, 3.05) is 43.4 Å². The fourth-order valence-corrected chi connectivity index (χ4v) is 3.83. The molecule has 122 valence electrons. The number of rotatable bonds is 4. The van der Waals surface area contributed by atoms with Gasteiger partial charge in [0.05, 0.1) is 5.69 Å². The van der Waals surface area contributed by atoms with Crippen LogP contribution in [0, 0.1) is 12.8 Å². The van der Waals surface area contributed by atoms with Crippen LogP contribution in [-0.4, -0.2) is 42.6 Å². The maximum absolute atomic E-state index is 6.13. The van der Waals surface area contributed by atoms with Gasteiger partial charge in [-0.25, -0.2) is 4.98 Å². The quantitative estimate of drug-likeness (QED) is 0.928. The van der Waals surface area contributed by atoms with Crippen molar-refractivity contribution >= 4 is 11.5 Å². The Bertz CT molecular complexity index is 474. The van der Waals surface area contributed by atoms with E-state index in [0.717, 1.165) is 36.1 Å². The Hall–Kier alpha value is -1.29. The fraction of sp³-hybridized carbons (Fsp3) is 0.722. The zero-order valence-corrected chi connectivity index (χ0v) is 13.9. The maximum atomic E-state index is 6.13. The molecule has 0 radical (unpaired) electrons. The molecule has 4 heteroatoms. The summed E-state index contributed by atoms with van der Waals surface area (Å²) < 4.78 is 0. The highest BCUT2D eigenvalue weighted by molar-refractivity contribution is 5.63. The minimum absolute atomic E-state index is 0.826. The molecule has 0 aromatic carbocycles. The van der Waals surface area contributed by atoms with Crippen LogP contribution >= 0.6 is 0 Å². The summed E-state index contributed by atoms with van der Waals surface area (Å²) in [4.78, 5) is 9.57. The van der Waals surface area contributed by atoms with E-state index in [-0.39, 0.29) is 0 Å². The highest BCUT2D eigenvalue weighted by Gasteiger charge is 2.22. The summed E-state index contributed by atoms with van der Waals surface area (Å²) in [5.74, 6) is 1.87. The molecule has 22 heavy (non-hydrogen) atoms. The van der Waals surface area contributed by atoms with Gasteiger partial charge in [-0.2, -0.15) is 0 Å². The van der Waals surface area contributed by atoms with Crippen molar-refractivity contribution in [3.63, 3.8) is 0 Å². The largest absolute Gasteiger partial charge is 0.396 e. The molecule has 1 aromatic rings. The number of likely N-dealkylation sites (tertiary alicyclic amines) is 1. The Balaban J connectivity index is 1.45. The molecular formula is C18H30N4. The van der Waals surface area contributed by atoms with Gasteiger partial charge in [-0.3, -0.25) is 0 Å². The smallest absolute Gasteiger partial charge is 0.151 e. The van der Waals surface area contributed by atoms with E-state index in [4.69, 9.17) is 5.73 Å². The second-order valence-electron chi connectivity index (χ2n) is 7.05. The first-order valence-electron chi connectivity index (χ1n) is 8.92. The van der Waals surface area contributed by atoms with Gasteiger partial charge < -0.3 is 15.5 Å². The van der Waals surface area contributed by atoms with Crippen LogP contribution in [0.5, 0.6) is 0 Å². The SMILES string of the molecule is Cc1cnc(N2CCC(CCN3CCCCC3)CC2)c(N)c1. The lowest BCUT2D eigenvalue weighted by Crippen LogP contribution is -2.37. The number of piperidine rings is 2. The predicted octanol–water partition coefficient (Wildman–Crippen LogP) is 3.06. The Morgan fingerprint density at radius 2 is 1.86 bits per heavy atom. The Morgan fingerprint density at radius 3 is 2.55 bits per heavy atom. The normalized spacial score (nSPS) is 21.2. The summed E-state index contributed by atoms with van der Waals surface area (Å²) in [6.07, 6.45) is 10.1. The molecule has 2 saturated heterocycles. The third kappa shape index (κ3) is 3.92. The van der Waals surface area contributed by atoms with E-state index in [1.54, 1.807) is 0 Å². The molecule has 0 bridgehead atoms. The van der Waals surface area contributed by atoms with Gasteiger partial charge in [0.15, 0.2) is 5.82 Å². The molecule has 3 rings (SSSR count). The Labute approximate surface area is 134 Å². The summed E-state index contributed by atoms with van der Waals surface area (Å²) in [6, 6.07) is 2.03. The number of pyridine rings is 1. The number of hydrogen-bond donors (Lipinski definition) is 1. The number of aromatic nitrogens is 1. The van der Waals surface area contributed by atoms with Crippen molar-refractivity contribution < 1.29 is 0 Å². The lowest BCUT2D eigenvalue weighted by molar-refractivity contribution is 0.205. The van der Waals surface area contributed by atoms with Crippen LogP contribution in [-0.2, 0) is 0 Å². The van der Waals surface area contributed by atoms with Crippen LogP contribution in [0.15, 0.2) is 12.3 Å². The monoisotopic (exact) mass is 302 g/mol. The predicted molar refractivity (Wildman–Crippen MR) is 93.2 cm³/mol. The fourth-order valence-electron chi connectivity index (χ4n) is 3.83. The number of hydrogen-bond acceptors (Lipinski definition) is 4. The number of nitrogens with two attached hydrogens (primary N) is 1. The molecule has 2 aliphatic heterocycles. The first kappa shape index (κ1) is 15.6. The first-order valence-corrected chi connectivity index (χ1v) is 8.92. The van der Waals surface area contributed by atoms with E-state index in [2.05, 4.69) is 14.8 Å². The number of anilines is 2. The molecule has 0 atom stereocenters. The zero-order chi connectivity index (χ0) is 15.4. The van der Waals surface area contributed by atoms with Gasteiger partial charge in [0.1, 0.15) is 0 Å². The maximum Gasteiger partial charge on any atom is 0.151 e. The lowest BCUT2D eigenvalue weighted by atomic mass is 9.93. The highest BCUT2D eigenvalue weighted by atomic mass is 15.2. The van der Waals surface area contributed by atoms with Crippen LogP contribution in [0.25, 0.3) is 0 Å². The van der Waals surface area contributed by atoms with Gasteiger partial charge in [0.2, 0.25) is 0 Å². The first-order chi connectivity index (χ1) is 10.7. The molecule has 2 fully saturated rings. The average Bonchev–Trinajstić information content (AvgIpc) is 2.55. The van der Waals surface area contributed by atoms with E-state index >= 15 is 0 Å². The third-order valence-corrected chi connectivity index (χ3v) is 5.25. The third-order valence-electron chi connectivity index (χ3n) is 5.25. The van der Waals surface area contributed by atoms with E-state index in [9.17, 15) is 0 Å². The van der Waals surface area contributed by atoms with E-state index < -0.39 is 0 Å². The second-order valence-corrected chi connectivity index (χ2v) is 7.05. The van der Waals surface area contributed by atoms with E-state index in [0.29, 0.717) is 0 Å². The standard InChI is InChI=1S/C18H30N4/c1-15-13-17(19)18(20-14-15)22-11-6-16(7-12-22)5-10-21-8-3-2-4-9-21/h13-14,16H,2-12,19H2,1H3. The minimum Gasteiger partial charge on any atom is -0.396 e. The molecule has 0 amide bonds. The summed E-state index contributed by atoms with van der Waals surface area (Å²) in [6.45, 7) is 8.19.